The Morgan fingerprint density at radius 3 is 2.36 bits per heavy atom. The van der Waals surface area contributed by atoms with Crippen LogP contribution < -0.4 is 5.32 Å². The maximum Gasteiger partial charge on any atom is 0.255 e. The zero-order valence-electron chi connectivity index (χ0n) is 15.6. The van der Waals surface area contributed by atoms with E-state index in [4.69, 9.17) is 0 Å². The Kier molecular flexibility index (Phi) is 4.94. The van der Waals surface area contributed by atoms with Crippen LogP contribution in [-0.4, -0.2) is 16.0 Å². The first-order valence-corrected chi connectivity index (χ1v) is 9.86. The molecule has 28 heavy (non-hydrogen) atoms. The lowest BCUT2D eigenvalue weighted by atomic mass is 10.0. The minimum absolute atomic E-state index is 0.207. The van der Waals surface area contributed by atoms with E-state index in [2.05, 4.69) is 10.3 Å². The molecular weight excluding hydrogens is 368 g/mol. The molecule has 2 aromatic carbocycles. The largest absolute Gasteiger partial charge is 0.383 e. The topological polar surface area (TPSA) is 62.2 Å². The standard InChI is InChI=1S/C23H20N2O2S/c1-14-13-15(2)24-23-18(14)19(25-22(27)17-11-7-4-8-12-17)21(28-23)20(26)16-9-5-3-6-10-16/h3-13,20,26H,1-2H3,(H,25,27)/t20-/m0/s1. The van der Waals surface area contributed by atoms with E-state index in [1.54, 1.807) is 12.1 Å². The Hall–Kier alpha value is -3.02. The Morgan fingerprint density at radius 1 is 1.04 bits per heavy atom. The summed E-state index contributed by atoms with van der Waals surface area (Å²) in [6.07, 6.45) is -0.842. The molecule has 0 saturated heterocycles. The van der Waals surface area contributed by atoms with Crippen molar-refractivity contribution in [3.63, 3.8) is 0 Å². The Morgan fingerprint density at radius 2 is 1.68 bits per heavy atom. The van der Waals surface area contributed by atoms with Gasteiger partial charge in [0.2, 0.25) is 0 Å². The predicted molar refractivity (Wildman–Crippen MR) is 114 cm³/mol. The van der Waals surface area contributed by atoms with Gasteiger partial charge in [0.25, 0.3) is 5.91 Å². The average Bonchev–Trinajstić information content (AvgIpc) is 3.07. The second-order valence-electron chi connectivity index (χ2n) is 6.74. The zero-order chi connectivity index (χ0) is 19.7. The van der Waals surface area contributed by atoms with Gasteiger partial charge >= 0.3 is 0 Å². The highest BCUT2D eigenvalue weighted by Gasteiger charge is 2.24. The van der Waals surface area contributed by atoms with E-state index in [9.17, 15) is 9.90 Å². The lowest BCUT2D eigenvalue weighted by Gasteiger charge is -2.13. The highest BCUT2D eigenvalue weighted by atomic mass is 32.1. The summed E-state index contributed by atoms with van der Waals surface area (Å²) in [6.45, 7) is 3.95. The third-order valence-corrected chi connectivity index (χ3v) is 5.79. The molecule has 140 valence electrons. The van der Waals surface area contributed by atoms with Crippen molar-refractivity contribution in [3.05, 3.63) is 94.0 Å². The minimum atomic E-state index is -0.842. The molecule has 0 aliphatic heterocycles. The number of amides is 1. The molecule has 2 N–H and O–H groups in total. The van der Waals surface area contributed by atoms with Gasteiger partial charge < -0.3 is 10.4 Å². The Labute approximate surface area is 167 Å². The van der Waals surface area contributed by atoms with Crippen LogP contribution in [0, 0.1) is 13.8 Å². The van der Waals surface area contributed by atoms with E-state index < -0.39 is 6.10 Å². The van der Waals surface area contributed by atoms with Crippen LogP contribution in [0.4, 0.5) is 5.69 Å². The zero-order valence-corrected chi connectivity index (χ0v) is 16.5. The number of nitrogens with one attached hydrogen (secondary N) is 1. The summed E-state index contributed by atoms with van der Waals surface area (Å²) in [5.74, 6) is -0.207. The fraction of sp³-hybridized carbons (Fsp3) is 0.130. The van der Waals surface area contributed by atoms with E-state index >= 15 is 0 Å². The smallest absolute Gasteiger partial charge is 0.255 e. The first kappa shape index (κ1) is 18.3. The number of aromatic nitrogens is 1. The van der Waals surface area contributed by atoms with Gasteiger partial charge in [0, 0.05) is 16.6 Å². The molecular formula is C23H20N2O2S. The summed E-state index contributed by atoms with van der Waals surface area (Å²) in [7, 11) is 0. The number of aliphatic hydroxyl groups is 1. The number of rotatable bonds is 4. The lowest BCUT2D eigenvalue weighted by Crippen LogP contribution is -2.13. The second-order valence-corrected chi connectivity index (χ2v) is 7.77. The molecule has 4 nitrogen and oxygen atoms in total. The average molecular weight is 388 g/mol. The van der Waals surface area contributed by atoms with Crippen LogP contribution in [0.3, 0.4) is 0 Å². The molecule has 2 heterocycles. The molecule has 0 saturated carbocycles. The number of carbonyl (C=O) groups excluding carboxylic acids is 1. The monoisotopic (exact) mass is 388 g/mol. The quantitative estimate of drug-likeness (QED) is 0.502. The molecule has 4 rings (SSSR count). The molecule has 0 aliphatic rings. The molecule has 0 bridgehead atoms. The van der Waals surface area contributed by atoms with Gasteiger partial charge in [-0.15, -0.1) is 11.3 Å². The number of hydrogen-bond acceptors (Lipinski definition) is 4. The number of pyridine rings is 1. The molecule has 5 heteroatoms. The molecule has 0 fully saturated rings. The number of anilines is 1. The van der Waals surface area contributed by atoms with Crippen molar-refractivity contribution in [1.29, 1.82) is 0 Å². The fourth-order valence-electron chi connectivity index (χ4n) is 3.34. The van der Waals surface area contributed by atoms with Gasteiger partial charge in [-0.1, -0.05) is 48.5 Å². The van der Waals surface area contributed by atoms with Crippen LogP contribution >= 0.6 is 11.3 Å². The third-order valence-electron chi connectivity index (χ3n) is 4.65. The number of thiophene rings is 1. The highest BCUT2D eigenvalue weighted by Crippen LogP contribution is 2.42. The number of hydrogen-bond donors (Lipinski definition) is 2. The molecule has 1 atom stereocenters. The predicted octanol–water partition coefficient (Wildman–Crippen LogP) is 5.25. The van der Waals surface area contributed by atoms with Crippen LogP contribution in [0.5, 0.6) is 0 Å². The van der Waals surface area contributed by atoms with Crippen LogP contribution in [-0.2, 0) is 0 Å². The Bertz CT molecular complexity index is 1140. The summed E-state index contributed by atoms with van der Waals surface area (Å²) in [4.78, 5) is 19.0. The molecule has 0 aliphatic carbocycles. The van der Waals surface area contributed by atoms with Crippen molar-refractivity contribution in [1.82, 2.24) is 4.98 Å². The van der Waals surface area contributed by atoms with E-state index in [0.29, 0.717) is 16.1 Å². The minimum Gasteiger partial charge on any atom is -0.383 e. The number of aryl methyl sites for hydroxylation is 2. The number of carbonyl (C=O) groups is 1. The van der Waals surface area contributed by atoms with Gasteiger partial charge in [0.05, 0.1) is 10.6 Å². The van der Waals surface area contributed by atoms with Crippen molar-refractivity contribution in [2.75, 3.05) is 5.32 Å². The normalized spacial score (nSPS) is 12.1. The van der Waals surface area contributed by atoms with E-state index in [1.165, 1.54) is 11.3 Å². The summed E-state index contributed by atoms with van der Waals surface area (Å²) >= 11 is 1.42. The lowest BCUT2D eigenvalue weighted by molar-refractivity contribution is 0.102. The number of fused-ring (bicyclic) bond motifs is 1. The van der Waals surface area contributed by atoms with E-state index in [0.717, 1.165) is 27.0 Å². The van der Waals surface area contributed by atoms with Crippen molar-refractivity contribution in [2.45, 2.75) is 20.0 Å². The van der Waals surface area contributed by atoms with E-state index in [-0.39, 0.29) is 5.91 Å². The number of aliphatic hydroxyl groups excluding tert-OH is 1. The highest BCUT2D eigenvalue weighted by molar-refractivity contribution is 7.19. The molecule has 0 spiro atoms. The van der Waals surface area contributed by atoms with Crippen LogP contribution in [0.25, 0.3) is 10.2 Å². The van der Waals surface area contributed by atoms with Crippen molar-refractivity contribution in [2.24, 2.45) is 0 Å². The summed E-state index contributed by atoms with van der Waals surface area (Å²) < 4.78 is 0. The summed E-state index contributed by atoms with van der Waals surface area (Å²) in [5, 5.41) is 15.0. The van der Waals surface area contributed by atoms with Gasteiger partial charge in [-0.05, 0) is 43.2 Å². The van der Waals surface area contributed by atoms with Crippen molar-refractivity contribution in [3.8, 4) is 0 Å². The number of nitrogens with zero attached hydrogens (tertiary/aromatic N) is 1. The third kappa shape index (κ3) is 3.42. The SMILES string of the molecule is Cc1cc(C)c2c(NC(=O)c3ccccc3)c([C@@H](O)c3ccccc3)sc2n1. The van der Waals surface area contributed by atoms with Crippen LogP contribution in [0.15, 0.2) is 66.7 Å². The first-order valence-electron chi connectivity index (χ1n) is 9.04. The molecule has 0 unspecified atom stereocenters. The number of benzene rings is 2. The van der Waals surface area contributed by atoms with E-state index in [1.807, 2.05) is 68.4 Å². The van der Waals surface area contributed by atoms with Gasteiger partial charge in [0.15, 0.2) is 0 Å². The first-order chi connectivity index (χ1) is 13.5. The maximum absolute atomic E-state index is 12.8. The molecule has 2 aromatic heterocycles. The molecule has 1 amide bonds. The molecule has 0 radical (unpaired) electrons. The van der Waals surface area contributed by atoms with Gasteiger partial charge in [-0.2, -0.15) is 0 Å². The summed E-state index contributed by atoms with van der Waals surface area (Å²) in [5.41, 5.74) is 3.91. The van der Waals surface area contributed by atoms with Crippen molar-refractivity contribution < 1.29 is 9.90 Å². The molecule has 4 aromatic rings. The van der Waals surface area contributed by atoms with Gasteiger partial charge in [-0.3, -0.25) is 4.79 Å². The fourth-order valence-corrected chi connectivity index (χ4v) is 4.60. The Balaban J connectivity index is 1.86. The van der Waals surface area contributed by atoms with Gasteiger partial charge in [-0.25, -0.2) is 4.98 Å². The maximum atomic E-state index is 12.8. The van der Waals surface area contributed by atoms with Gasteiger partial charge in [0.1, 0.15) is 10.9 Å². The van der Waals surface area contributed by atoms with Crippen LogP contribution in [0.1, 0.15) is 38.2 Å². The summed E-state index contributed by atoms with van der Waals surface area (Å²) in [6, 6.07) is 20.5. The van der Waals surface area contributed by atoms with Crippen LogP contribution in [0.2, 0.25) is 0 Å². The van der Waals surface area contributed by atoms with Crippen molar-refractivity contribution >= 4 is 33.1 Å². The second kappa shape index (κ2) is 7.54.